The van der Waals surface area contributed by atoms with Crippen LogP contribution >= 0.6 is 11.6 Å². The van der Waals surface area contributed by atoms with E-state index in [1.165, 1.54) is 18.2 Å². The van der Waals surface area contributed by atoms with Crippen LogP contribution in [0.25, 0.3) is 0 Å². The summed E-state index contributed by atoms with van der Waals surface area (Å²) >= 11 is 6.19. The molecule has 0 aliphatic carbocycles. The summed E-state index contributed by atoms with van der Waals surface area (Å²) in [6, 6.07) is 21.3. The van der Waals surface area contributed by atoms with Gasteiger partial charge in [0.2, 0.25) is 0 Å². The van der Waals surface area contributed by atoms with Crippen molar-refractivity contribution in [2.75, 3.05) is 10.1 Å². The molecule has 0 spiro atoms. The van der Waals surface area contributed by atoms with Crippen molar-refractivity contribution in [3.8, 4) is 0 Å². The van der Waals surface area contributed by atoms with Crippen molar-refractivity contribution < 1.29 is 13.2 Å². The molecule has 3 N–H and O–H groups in total. The van der Waals surface area contributed by atoms with Gasteiger partial charge in [-0.05, 0) is 42.5 Å². The lowest BCUT2D eigenvalue weighted by Crippen LogP contribution is -2.29. The second-order valence-corrected chi connectivity index (χ2v) is 7.65. The maximum atomic E-state index is 12.3. The van der Waals surface area contributed by atoms with Crippen molar-refractivity contribution in [3.63, 3.8) is 0 Å². The molecule has 27 heavy (non-hydrogen) atoms. The molecule has 0 saturated heterocycles. The van der Waals surface area contributed by atoms with Crippen LogP contribution in [0.5, 0.6) is 0 Å². The third-order valence-corrected chi connectivity index (χ3v) is 5.33. The second kappa shape index (κ2) is 8.11. The normalized spacial score (nSPS) is 10.9. The number of carbonyl (C=O) groups excluding carboxylic acids is 1. The van der Waals surface area contributed by atoms with Crippen LogP contribution in [0.4, 0.5) is 11.4 Å². The van der Waals surface area contributed by atoms with E-state index in [2.05, 4.69) is 15.6 Å². The summed E-state index contributed by atoms with van der Waals surface area (Å²) in [4.78, 5) is 12.2. The molecule has 138 valence electrons. The fourth-order valence-electron chi connectivity index (χ4n) is 2.28. The van der Waals surface area contributed by atoms with E-state index >= 15 is 0 Å². The Morgan fingerprint density at radius 1 is 0.852 bits per heavy atom. The van der Waals surface area contributed by atoms with Crippen LogP contribution in [0.15, 0.2) is 83.8 Å². The van der Waals surface area contributed by atoms with Gasteiger partial charge in [-0.3, -0.25) is 20.4 Å². The minimum absolute atomic E-state index is 0.151. The number of benzene rings is 3. The summed E-state index contributed by atoms with van der Waals surface area (Å²) in [5.74, 6) is -0.319. The molecule has 0 aromatic heterocycles. The van der Waals surface area contributed by atoms with Gasteiger partial charge in [-0.15, -0.1) is 0 Å². The molecule has 0 saturated carbocycles. The van der Waals surface area contributed by atoms with Gasteiger partial charge in [-0.1, -0.05) is 48.0 Å². The number of hydrazine groups is 1. The first kappa shape index (κ1) is 18.8. The zero-order chi connectivity index (χ0) is 19.3. The van der Waals surface area contributed by atoms with Crippen LogP contribution in [-0.2, 0) is 10.0 Å². The maximum Gasteiger partial charge on any atom is 0.269 e. The number of sulfonamides is 1. The lowest BCUT2D eigenvalue weighted by Gasteiger charge is -2.12. The maximum absolute atomic E-state index is 12.3. The fraction of sp³-hybridized carbons (Fsp3) is 0. The molecule has 3 aromatic carbocycles. The number of carbonyl (C=O) groups is 1. The van der Waals surface area contributed by atoms with Gasteiger partial charge in [0.15, 0.2) is 0 Å². The Balaban J connectivity index is 1.68. The van der Waals surface area contributed by atoms with E-state index in [4.69, 9.17) is 11.6 Å². The lowest BCUT2D eigenvalue weighted by atomic mass is 10.2. The number of hydrogen-bond acceptors (Lipinski definition) is 4. The standard InChI is InChI=1S/C19H16ClN3O3S/c20-17-13-15(23-27(25,26)16-9-5-2-6-10-16)11-12-18(17)21-22-19(24)14-7-3-1-4-8-14/h1-13,21,23H,(H,22,24). The minimum atomic E-state index is -3.70. The monoisotopic (exact) mass is 401 g/mol. The lowest BCUT2D eigenvalue weighted by molar-refractivity contribution is 0.0962. The fourth-order valence-corrected chi connectivity index (χ4v) is 3.58. The summed E-state index contributed by atoms with van der Waals surface area (Å²) in [7, 11) is -3.70. The van der Waals surface area contributed by atoms with E-state index in [9.17, 15) is 13.2 Å². The van der Waals surface area contributed by atoms with Gasteiger partial charge in [-0.2, -0.15) is 0 Å². The molecule has 0 unspecified atom stereocenters. The highest BCUT2D eigenvalue weighted by molar-refractivity contribution is 7.92. The SMILES string of the molecule is O=C(NNc1ccc(NS(=O)(=O)c2ccccc2)cc1Cl)c1ccccc1. The predicted octanol–water partition coefficient (Wildman–Crippen LogP) is 3.90. The Bertz CT molecular complexity index is 1040. The smallest absolute Gasteiger partial charge is 0.269 e. The average Bonchev–Trinajstić information content (AvgIpc) is 2.68. The van der Waals surface area contributed by atoms with Crippen LogP contribution in [-0.4, -0.2) is 14.3 Å². The van der Waals surface area contributed by atoms with Crippen LogP contribution in [0.3, 0.4) is 0 Å². The van der Waals surface area contributed by atoms with Crippen molar-refractivity contribution in [3.05, 3.63) is 89.4 Å². The van der Waals surface area contributed by atoms with E-state index < -0.39 is 10.0 Å². The van der Waals surface area contributed by atoms with Gasteiger partial charge in [-0.25, -0.2) is 8.42 Å². The van der Waals surface area contributed by atoms with E-state index in [0.29, 0.717) is 16.9 Å². The molecule has 6 nitrogen and oxygen atoms in total. The Hall–Kier alpha value is -3.03. The Kier molecular flexibility index (Phi) is 5.63. The highest BCUT2D eigenvalue weighted by atomic mass is 35.5. The third kappa shape index (κ3) is 4.78. The third-order valence-electron chi connectivity index (χ3n) is 3.62. The van der Waals surface area contributed by atoms with Gasteiger partial charge in [0.25, 0.3) is 15.9 Å². The molecular weight excluding hydrogens is 386 g/mol. The van der Waals surface area contributed by atoms with Crippen molar-refractivity contribution >= 4 is 38.9 Å². The quantitative estimate of drug-likeness (QED) is 0.547. The highest BCUT2D eigenvalue weighted by Gasteiger charge is 2.14. The zero-order valence-corrected chi connectivity index (χ0v) is 15.6. The number of halogens is 1. The van der Waals surface area contributed by atoms with Gasteiger partial charge in [0.05, 0.1) is 21.3 Å². The van der Waals surface area contributed by atoms with Gasteiger partial charge in [0.1, 0.15) is 0 Å². The first-order valence-electron chi connectivity index (χ1n) is 7.94. The molecule has 1 amide bonds. The number of anilines is 2. The summed E-state index contributed by atoms with van der Waals surface area (Å²) < 4.78 is 27.2. The molecule has 8 heteroatoms. The van der Waals surface area contributed by atoms with E-state index in [0.717, 1.165) is 0 Å². The average molecular weight is 402 g/mol. The number of hydrogen-bond donors (Lipinski definition) is 3. The van der Waals surface area contributed by atoms with Gasteiger partial charge in [0, 0.05) is 5.56 Å². The van der Waals surface area contributed by atoms with Crippen LogP contribution in [0.1, 0.15) is 10.4 Å². The molecular formula is C19H16ClN3O3S. The largest absolute Gasteiger partial charge is 0.297 e. The van der Waals surface area contributed by atoms with Gasteiger partial charge < -0.3 is 0 Å². The number of amides is 1. The van der Waals surface area contributed by atoms with Crippen molar-refractivity contribution in [2.45, 2.75) is 4.90 Å². The first-order chi connectivity index (χ1) is 13.0. The molecule has 0 fully saturated rings. The van der Waals surface area contributed by atoms with Crippen LogP contribution in [0, 0.1) is 0 Å². The molecule has 0 atom stereocenters. The van der Waals surface area contributed by atoms with E-state index in [-0.39, 0.29) is 15.8 Å². The van der Waals surface area contributed by atoms with Crippen molar-refractivity contribution in [2.24, 2.45) is 0 Å². The molecule has 0 radical (unpaired) electrons. The topological polar surface area (TPSA) is 87.3 Å². The van der Waals surface area contributed by atoms with Crippen LogP contribution < -0.4 is 15.6 Å². The van der Waals surface area contributed by atoms with Crippen molar-refractivity contribution in [1.29, 1.82) is 0 Å². The Morgan fingerprint density at radius 2 is 1.48 bits per heavy atom. The van der Waals surface area contributed by atoms with E-state index in [1.54, 1.807) is 54.6 Å². The van der Waals surface area contributed by atoms with E-state index in [1.807, 2.05) is 6.07 Å². The summed E-state index contributed by atoms with van der Waals surface area (Å²) in [5.41, 5.74) is 6.50. The summed E-state index contributed by atoms with van der Waals surface area (Å²) in [5, 5.41) is 0.247. The molecule has 0 heterocycles. The van der Waals surface area contributed by atoms with Crippen molar-refractivity contribution in [1.82, 2.24) is 5.43 Å². The Labute approximate surface area is 162 Å². The molecule has 0 aliphatic rings. The minimum Gasteiger partial charge on any atom is -0.297 e. The molecule has 3 aromatic rings. The molecule has 3 rings (SSSR count). The summed E-state index contributed by atoms with van der Waals surface area (Å²) in [6.45, 7) is 0. The zero-order valence-electron chi connectivity index (χ0n) is 14.0. The number of rotatable bonds is 6. The molecule has 0 bridgehead atoms. The first-order valence-corrected chi connectivity index (χ1v) is 9.81. The second-order valence-electron chi connectivity index (χ2n) is 5.56. The molecule has 0 aliphatic heterocycles. The van der Waals surface area contributed by atoms with Crippen LogP contribution in [0.2, 0.25) is 5.02 Å². The van der Waals surface area contributed by atoms with Gasteiger partial charge >= 0.3 is 0 Å². The predicted molar refractivity (Wildman–Crippen MR) is 106 cm³/mol. The Morgan fingerprint density at radius 3 is 2.11 bits per heavy atom. The number of nitrogens with one attached hydrogen (secondary N) is 3. The summed E-state index contributed by atoms with van der Waals surface area (Å²) in [6.07, 6.45) is 0. The highest BCUT2D eigenvalue weighted by Crippen LogP contribution is 2.26.